The van der Waals surface area contributed by atoms with Crippen molar-refractivity contribution >= 4 is 85.0 Å². The predicted molar refractivity (Wildman–Crippen MR) is 180 cm³/mol. The summed E-state index contributed by atoms with van der Waals surface area (Å²) in [6, 6.07) is 52.3. The maximum atomic E-state index is 2.36. The molecule has 3 nitrogen and oxygen atoms in total. The van der Waals surface area contributed by atoms with E-state index in [1.54, 1.807) is 0 Å². The van der Waals surface area contributed by atoms with Crippen LogP contribution in [0.5, 0.6) is 0 Å². The minimum atomic E-state index is 0. The molecule has 0 amide bonds. The molecule has 0 fully saturated rings. The Labute approximate surface area is 254 Å². The van der Waals surface area contributed by atoms with Crippen LogP contribution in [-0.2, 0) is 13.5 Å². The monoisotopic (exact) mass is 559 g/mol. The van der Waals surface area contributed by atoms with Crippen molar-refractivity contribution in [2.45, 2.75) is 0 Å². The Morgan fingerprint density at radius 1 is 0.390 bits per heavy atom. The average Bonchev–Trinajstić information content (AvgIpc) is 3.54. The second-order valence-corrected chi connectivity index (χ2v) is 10.8. The van der Waals surface area contributed by atoms with Crippen LogP contribution in [0.25, 0.3) is 55.0 Å². The normalized spacial score (nSPS) is 11.3. The van der Waals surface area contributed by atoms with E-state index in [1.165, 1.54) is 66.4 Å². The fourth-order valence-electron chi connectivity index (χ4n) is 6.12. The van der Waals surface area contributed by atoms with Gasteiger partial charge in [0, 0.05) is 0 Å². The number of thiol groups is 1. The van der Waals surface area contributed by atoms with Gasteiger partial charge in [-0.3, -0.25) is 0 Å². The SMILES string of the molecule is [AlH+][N](c1ccc2c(c1)c1ccccc1n2-c1ccccc1)c1ccc2c(c1)c1ccccc1n2-c1ccccc1.[SH-]. The summed E-state index contributed by atoms with van der Waals surface area (Å²) in [4.78, 5) is 0. The van der Waals surface area contributed by atoms with Gasteiger partial charge in [0.15, 0.2) is 0 Å². The minimum Gasteiger partial charge on any atom is -0.813 e. The number of fused-ring (bicyclic) bond motifs is 6. The van der Waals surface area contributed by atoms with E-state index in [1.807, 2.05) is 16.5 Å². The Morgan fingerprint density at radius 3 is 1.20 bits per heavy atom. The molecule has 0 aliphatic heterocycles. The molecule has 2 aromatic heterocycles. The first-order valence-corrected chi connectivity index (χ1v) is 14.2. The van der Waals surface area contributed by atoms with Crippen LogP contribution in [0.2, 0.25) is 0 Å². The van der Waals surface area contributed by atoms with E-state index in [0.29, 0.717) is 0 Å². The summed E-state index contributed by atoms with van der Waals surface area (Å²) < 4.78 is 7.05. The average molecular weight is 560 g/mol. The molecule has 0 N–H and O–H groups in total. The Kier molecular flexibility index (Phi) is 6.37. The van der Waals surface area contributed by atoms with Crippen molar-refractivity contribution in [1.29, 1.82) is 0 Å². The second-order valence-electron chi connectivity index (χ2n) is 10.2. The number of nitrogens with zero attached hydrogens (tertiary/aromatic N) is 3. The van der Waals surface area contributed by atoms with Gasteiger partial charge in [-0.2, -0.15) is 0 Å². The van der Waals surface area contributed by atoms with Crippen LogP contribution in [0, 0.1) is 0 Å². The topological polar surface area (TPSA) is 13.1 Å². The molecule has 8 rings (SSSR count). The van der Waals surface area contributed by atoms with Gasteiger partial charge in [-0.25, -0.2) is 0 Å². The molecule has 0 bridgehead atoms. The number of aromatic nitrogens is 2. The summed E-state index contributed by atoms with van der Waals surface area (Å²) in [5.74, 6) is 0. The molecule has 6 aromatic carbocycles. The van der Waals surface area contributed by atoms with Crippen LogP contribution in [0.4, 0.5) is 11.4 Å². The standard InChI is InChI=1S/C36H24N3.Al.H2S.H/c1-3-11-27(12-4-1)38-33-17-9-7-15-29(33)31-23-25(19-21-35(31)38)37-26-20-22-36-32(24-26)30-16-8-10-18-34(30)39(36)28-13-5-2-6-14-28;;;/h1-24H;;1H2;/q-1;+2;;/p-1. The number of hydrogen-bond donors (Lipinski definition) is 0. The van der Waals surface area contributed by atoms with E-state index >= 15 is 0 Å². The number of anilines is 2. The molecule has 0 saturated carbocycles. The van der Waals surface area contributed by atoms with E-state index in [9.17, 15) is 0 Å². The molecule has 8 aromatic rings. The van der Waals surface area contributed by atoms with Crippen LogP contribution in [-0.4, -0.2) is 25.6 Å². The van der Waals surface area contributed by atoms with Gasteiger partial charge in [0.25, 0.3) is 0 Å². The summed E-state index contributed by atoms with van der Waals surface area (Å²) in [5, 5.41) is 5.05. The first-order valence-electron chi connectivity index (χ1n) is 13.6. The molecular weight excluding hydrogens is 533 g/mol. The molecule has 2 heterocycles. The zero-order chi connectivity index (χ0) is 26.6. The van der Waals surface area contributed by atoms with Crippen LogP contribution in [0.15, 0.2) is 146 Å². The molecule has 0 aliphatic rings. The van der Waals surface area contributed by atoms with Gasteiger partial charge in [0.05, 0.1) is 0 Å². The van der Waals surface area contributed by atoms with Gasteiger partial charge in [0.2, 0.25) is 0 Å². The third-order valence-corrected chi connectivity index (χ3v) is 8.69. The van der Waals surface area contributed by atoms with Gasteiger partial charge < -0.3 is 13.5 Å². The van der Waals surface area contributed by atoms with Crippen LogP contribution in [0.3, 0.4) is 0 Å². The van der Waals surface area contributed by atoms with Crippen molar-refractivity contribution in [3.05, 3.63) is 146 Å². The summed E-state index contributed by atoms with van der Waals surface area (Å²) >= 11 is 1.90. The smallest absolute Gasteiger partial charge is 0.813 e. The first-order chi connectivity index (χ1) is 19.8. The summed E-state index contributed by atoms with van der Waals surface area (Å²) in [6.45, 7) is 0. The maximum absolute atomic E-state index is 2.36. The van der Waals surface area contributed by atoms with E-state index in [2.05, 4.69) is 159 Å². The fourth-order valence-corrected chi connectivity index (χ4v) is 6.51. The predicted octanol–water partition coefficient (Wildman–Crippen LogP) is 8.56. The van der Waals surface area contributed by atoms with Crippen LogP contribution < -0.4 is 3.88 Å². The number of hydrogen-bond acceptors (Lipinski definition) is 2. The van der Waals surface area contributed by atoms with Crippen molar-refractivity contribution in [1.82, 2.24) is 9.13 Å². The molecule has 5 heteroatoms. The van der Waals surface area contributed by atoms with Gasteiger partial charge in [-0.1, -0.05) is 0 Å². The number of rotatable bonds is 4. The van der Waals surface area contributed by atoms with Crippen molar-refractivity contribution in [3.8, 4) is 11.4 Å². The van der Waals surface area contributed by atoms with Gasteiger partial charge in [-0.05, 0) is 0 Å². The zero-order valence-electron chi connectivity index (χ0n) is 22.4. The molecule has 194 valence electrons. The van der Waals surface area contributed by atoms with Gasteiger partial charge >= 0.3 is 241 Å². The van der Waals surface area contributed by atoms with E-state index in [0.717, 1.165) is 0 Å². The molecule has 0 aliphatic carbocycles. The van der Waals surface area contributed by atoms with Crippen molar-refractivity contribution < 1.29 is 0 Å². The third-order valence-electron chi connectivity index (χ3n) is 7.96. The molecule has 0 saturated heterocycles. The third kappa shape index (κ3) is 4.05. The molecule has 41 heavy (non-hydrogen) atoms. The zero-order valence-corrected chi connectivity index (χ0v) is 24.7. The quantitative estimate of drug-likeness (QED) is 0.122. The molecule has 0 radical (unpaired) electrons. The van der Waals surface area contributed by atoms with Crippen LogP contribution >= 0.6 is 0 Å². The Hall–Kier alpha value is -4.40. The molecular formula is C36H26AlN3S. The van der Waals surface area contributed by atoms with E-state index < -0.39 is 0 Å². The maximum Gasteiger partial charge on any atom is -0.813 e. The van der Waals surface area contributed by atoms with E-state index in [-0.39, 0.29) is 13.5 Å². The summed E-state index contributed by atoms with van der Waals surface area (Å²) in [6.07, 6.45) is 0. The summed E-state index contributed by atoms with van der Waals surface area (Å²) in [7, 11) is 0. The van der Waals surface area contributed by atoms with Crippen molar-refractivity contribution in [2.75, 3.05) is 3.88 Å². The van der Waals surface area contributed by atoms with Crippen LogP contribution in [0.1, 0.15) is 0 Å². The van der Waals surface area contributed by atoms with Crippen molar-refractivity contribution in [2.24, 2.45) is 0 Å². The van der Waals surface area contributed by atoms with Crippen molar-refractivity contribution in [3.63, 3.8) is 0 Å². The first kappa shape index (κ1) is 25.6. The molecule has 0 atom stereocenters. The van der Waals surface area contributed by atoms with E-state index in [4.69, 9.17) is 0 Å². The number of benzene rings is 6. The molecule has 0 unspecified atom stereocenters. The molecule has 0 spiro atoms. The Bertz CT molecular complexity index is 2030. The Balaban J connectivity index is 0.00000276. The fraction of sp³-hybridized carbons (Fsp3) is 0. The Morgan fingerprint density at radius 2 is 0.756 bits per heavy atom. The summed E-state index contributed by atoms with van der Waals surface area (Å²) in [5.41, 5.74) is 9.58. The second kappa shape index (κ2) is 10.2. The van der Waals surface area contributed by atoms with Gasteiger partial charge in [0.1, 0.15) is 0 Å². The largest absolute Gasteiger partial charge is 0.813 e. The number of para-hydroxylation sites is 4. The van der Waals surface area contributed by atoms with Gasteiger partial charge in [-0.15, -0.1) is 0 Å². The minimum absolute atomic E-state index is 0.